The third-order valence-corrected chi connectivity index (χ3v) is 5.24. The molecule has 0 amide bonds. The van der Waals surface area contributed by atoms with Gasteiger partial charge >= 0.3 is 12.2 Å². The number of aromatic nitrogens is 4. The van der Waals surface area contributed by atoms with Crippen LogP contribution < -0.4 is 9.64 Å². The standard InChI is InChI=1S/C22H24F5N5O/c1-20(2,3)12-33-19-28-17-16(18(29-19)32-9-8-21(23,24)11-32)15(30-31-17)10-13-6-4-5-7-14(13)22(25,26)27/h4-7H,8-12H2,1-3H3,(H,28,29,30,31). The number of anilines is 1. The third-order valence-electron chi connectivity index (χ3n) is 5.24. The van der Waals surface area contributed by atoms with Gasteiger partial charge in [-0.2, -0.15) is 28.2 Å². The second-order valence-electron chi connectivity index (χ2n) is 9.44. The summed E-state index contributed by atoms with van der Waals surface area (Å²) in [5, 5.41) is 7.18. The van der Waals surface area contributed by atoms with Crippen LogP contribution in [-0.2, 0) is 12.6 Å². The van der Waals surface area contributed by atoms with Crippen LogP contribution in [0.5, 0.6) is 6.01 Å². The van der Waals surface area contributed by atoms with Crippen LogP contribution in [0.15, 0.2) is 24.3 Å². The number of hydrogen-bond donors (Lipinski definition) is 1. The molecule has 1 saturated heterocycles. The molecule has 0 aliphatic carbocycles. The zero-order valence-electron chi connectivity index (χ0n) is 18.4. The molecule has 3 heterocycles. The number of nitrogens with zero attached hydrogens (tertiary/aromatic N) is 4. The molecule has 33 heavy (non-hydrogen) atoms. The van der Waals surface area contributed by atoms with Gasteiger partial charge < -0.3 is 9.64 Å². The molecule has 178 valence electrons. The lowest BCUT2D eigenvalue weighted by molar-refractivity contribution is -0.138. The molecule has 6 nitrogen and oxygen atoms in total. The summed E-state index contributed by atoms with van der Waals surface area (Å²) >= 11 is 0. The first-order valence-electron chi connectivity index (χ1n) is 10.5. The molecular weight excluding hydrogens is 445 g/mol. The van der Waals surface area contributed by atoms with Gasteiger partial charge in [-0.25, -0.2) is 8.78 Å². The molecule has 0 saturated carbocycles. The minimum atomic E-state index is -4.53. The van der Waals surface area contributed by atoms with Gasteiger partial charge in [-0.15, -0.1) is 0 Å². The van der Waals surface area contributed by atoms with Crippen LogP contribution in [0.4, 0.5) is 27.8 Å². The largest absolute Gasteiger partial charge is 0.463 e. The van der Waals surface area contributed by atoms with Crippen molar-refractivity contribution in [3.63, 3.8) is 0 Å². The minimum absolute atomic E-state index is 0.0172. The van der Waals surface area contributed by atoms with Gasteiger partial charge in [0.15, 0.2) is 5.65 Å². The molecule has 0 radical (unpaired) electrons. The van der Waals surface area contributed by atoms with E-state index in [0.717, 1.165) is 6.07 Å². The van der Waals surface area contributed by atoms with Gasteiger partial charge in [-0.1, -0.05) is 39.0 Å². The second kappa shape index (κ2) is 8.11. The van der Waals surface area contributed by atoms with Crippen molar-refractivity contribution in [2.75, 3.05) is 24.6 Å². The van der Waals surface area contributed by atoms with Gasteiger partial charge in [-0.05, 0) is 17.0 Å². The second-order valence-corrected chi connectivity index (χ2v) is 9.44. The summed E-state index contributed by atoms with van der Waals surface area (Å²) in [5.41, 5.74) is -0.473. The zero-order valence-corrected chi connectivity index (χ0v) is 18.4. The van der Waals surface area contributed by atoms with Crippen molar-refractivity contribution >= 4 is 16.9 Å². The summed E-state index contributed by atoms with van der Waals surface area (Å²) in [6, 6.07) is 5.19. The Balaban J connectivity index is 1.78. The molecule has 1 N–H and O–H groups in total. The number of aromatic amines is 1. The Bertz CT molecular complexity index is 1150. The lowest BCUT2D eigenvalue weighted by Crippen LogP contribution is -2.26. The number of nitrogens with one attached hydrogen (secondary N) is 1. The average Bonchev–Trinajstić information content (AvgIpc) is 3.28. The van der Waals surface area contributed by atoms with Gasteiger partial charge in [0.05, 0.1) is 29.8 Å². The number of benzene rings is 1. The summed E-state index contributed by atoms with van der Waals surface area (Å²) in [7, 11) is 0. The van der Waals surface area contributed by atoms with Crippen molar-refractivity contribution in [1.82, 2.24) is 20.2 Å². The Morgan fingerprint density at radius 2 is 1.85 bits per heavy atom. The van der Waals surface area contributed by atoms with E-state index < -0.39 is 24.2 Å². The van der Waals surface area contributed by atoms with Crippen LogP contribution in [-0.4, -0.2) is 45.8 Å². The number of alkyl halides is 5. The first-order valence-corrected chi connectivity index (χ1v) is 10.5. The Hall–Kier alpha value is -2.98. The molecule has 1 aliphatic rings. The smallest absolute Gasteiger partial charge is 0.416 e. The van der Waals surface area contributed by atoms with Crippen LogP contribution in [0.25, 0.3) is 11.0 Å². The summed E-state index contributed by atoms with van der Waals surface area (Å²) in [6.45, 7) is 5.64. The summed E-state index contributed by atoms with van der Waals surface area (Å²) in [5.74, 6) is -2.72. The molecule has 11 heteroatoms. The summed E-state index contributed by atoms with van der Waals surface area (Å²) in [4.78, 5) is 10.0. The molecule has 3 aromatic rings. The van der Waals surface area contributed by atoms with E-state index in [0.29, 0.717) is 11.1 Å². The van der Waals surface area contributed by atoms with E-state index in [4.69, 9.17) is 4.74 Å². The molecule has 4 rings (SSSR count). The van der Waals surface area contributed by atoms with Crippen LogP contribution in [0.3, 0.4) is 0 Å². The first kappa shape index (κ1) is 23.2. The van der Waals surface area contributed by atoms with Crippen molar-refractivity contribution < 1.29 is 26.7 Å². The van der Waals surface area contributed by atoms with Gasteiger partial charge in [0.1, 0.15) is 5.82 Å². The van der Waals surface area contributed by atoms with E-state index >= 15 is 0 Å². The lowest BCUT2D eigenvalue weighted by Gasteiger charge is -2.21. The number of fused-ring (bicyclic) bond motifs is 1. The fourth-order valence-corrected chi connectivity index (χ4v) is 3.71. The van der Waals surface area contributed by atoms with Gasteiger partial charge in [0.2, 0.25) is 0 Å². The SMILES string of the molecule is CC(C)(C)COc1nc(N2CCC(F)(F)C2)c2c(Cc3ccccc3C(F)(F)F)[nH]nc2n1. The van der Waals surface area contributed by atoms with E-state index in [-0.39, 0.29) is 54.4 Å². The normalized spacial score (nSPS) is 16.5. The van der Waals surface area contributed by atoms with Gasteiger partial charge in [0.25, 0.3) is 5.92 Å². The lowest BCUT2D eigenvalue weighted by atomic mass is 9.99. The summed E-state index contributed by atoms with van der Waals surface area (Å²) < 4.78 is 74.1. The van der Waals surface area contributed by atoms with Gasteiger partial charge in [-0.3, -0.25) is 5.10 Å². The topological polar surface area (TPSA) is 66.9 Å². The predicted octanol–water partition coefficient (Wildman–Crippen LogP) is 5.23. The van der Waals surface area contributed by atoms with Crippen molar-refractivity contribution in [2.45, 2.75) is 45.7 Å². The molecule has 0 spiro atoms. The van der Waals surface area contributed by atoms with Crippen LogP contribution >= 0.6 is 0 Å². The maximum atomic E-state index is 14.0. The molecule has 1 aromatic carbocycles. The Morgan fingerprint density at radius 1 is 1.12 bits per heavy atom. The molecule has 1 aliphatic heterocycles. The van der Waals surface area contributed by atoms with E-state index in [9.17, 15) is 22.0 Å². The maximum Gasteiger partial charge on any atom is 0.416 e. The monoisotopic (exact) mass is 469 g/mol. The molecule has 0 bridgehead atoms. The highest BCUT2D eigenvalue weighted by atomic mass is 19.4. The predicted molar refractivity (Wildman–Crippen MR) is 113 cm³/mol. The van der Waals surface area contributed by atoms with Gasteiger partial charge in [0, 0.05) is 19.4 Å². The Labute approximate surface area is 187 Å². The Morgan fingerprint density at radius 3 is 2.48 bits per heavy atom. The van der Waals surface area contributed by atoms with Crippen LogP contribution in [0.1, 0.15) is 44.0 Å². The van der Waals surface area contributed by atoms with E-state index in [2.05, 4.69) is 20.2 Å². The number of halogens is 5. The van der Waals surface area contributed by atoms with Crippen molar-refractivity contribution in [3.8, 4) is 6.01 Å². The van der Waals surface area contributed by atoms with E-state index in [1.54, 1.807) is 0 Å². The van der Waals surface area contributed by atoms with E-state index in [1.807, 2.05) is 20.8 Å². The highest BCUT2D eigenvalue weighted by Crippen LogP contribution is 2.37. The highest BCUT2D eigenvalue weighted by molar-refractivity contribution is 5.90. The average molecular weight is 469 g/mol. The molecule has 0 unspecified atom stereocenters. The number of hydrogen-bond acceptors (Lipinski definition) is 5. The number of rotatable bonds is 5. The Kier molecular flexibility index (Phi) is 5.69. The van der Waals surface area contributed by atoms with Crippen molar-refractivity contribution in [1.29, 1.82) is 0 Å². The number of ether oxygens (including phenoxy) is 1. The highest BCUT2D eigenvalue weighted by Gasteiger charge is 2.40. The fourth-order valence-electron chi connectivity index (χ4n) is 3.71. The van der Waals surface area contributed by atoms with Crippen LogP contribution in [0.2, 0.25) is 0 Å². The third kappa shape index (κ3) is 5.17. The molecule has 2 aromatic heterocycles. The molecule has 1 fully saturated rings. The molecular formula is C22H24F5N5O. The van der Waals surface area contributed by atoms with Crippen LogP contribution in [0, 0.1) is 5.41 Å². The minimum Gasteiger partial charge on any atom is -0.463 e. The zero-order chi connectivity index (χ0) is 24.0. The first-order chi connectivity index (χ1) is 15.3. The maximum absolute atomic E-state index is 14.0. The quantitative estimate of drug-likeness (QED) is 0.518. The molecule has 0 atom stereocenters. The number of H-pyrrole nitrogens is 1. The fraction of sp³-hybridized carbons (Fsp3) is 0.500. The van der Waals surface area contributed by atoms with E-state index in [1.165, 1.54) is 23.1 Å². The van der Waals surface area contributed by atoms with Crippen molar-refractivity contribution in [3.05, 3.63) is 41.1 Å². The summed E-state index contributed by atoms with van der Waals surface area (Å²) in [6.07, 6.45) is -5.02. The van der Waals surface area contributed by atoms with Crippen molar-refractivity contribution in [2.24, 2.45) is 5.41 Å².